The van der Waals surface area contributed by atoms with E-state index in [1.807, 2.05) is 19.1 Å². The number of rotatable bonds is 3. The minimum atomic E-state index is -0.0558. The van der Waals surface area contributed by atoms with Crippen LogP contribution in [-0.2, 0) is 6.42 Å². The van der Waals surface area contributed by atoms with Crippen LogP contribution in [0, 0.1) is 6.92 Å². The fourth-order valence-electron chi connectivity index (χ4n) is 1.46. The summed E-state index contributed by atoms with van der Waals surface area (Å²) in [6.07, 6.45) is 3.38. The van der Waals surface area contributed by atoms with E-state index in [-0.39, 0.29) is 12.2 Å². The molecule has 4 heteroatoms. The van der Waals surface area contributed by atoms with Gasteiger partial charge in [0.15, 0.2) is 5.78 Å². The van der Waals surface area contributed by atoms with Crippen LogP contribution in [0.2, 0.25) is 5.02 Å². The quantitative estimate of drug-likeness (QED) is 0.782. The lowest BCUT2D eigenvalue weighted by atomic mass is 10.1. The Morgan fingerprint density at radius 1 is 1.29 bits per heavy atom. The number of aryl methyl sites for hydroxylation is 1. The monoisotopic (exact) mass is 246 g/mol. The number of hydrogen-bond donors (Lipinski definition) is 0. The van der Waals surface area contributed by atoms with Gasteiger partial charge in [0.2, 0.25) is 0 Å². The predicted molar refractivity (Wildman–Crippen MR) is 66.3 cm³/mol. The molecule has 0 bridgehead atoms. The van der Waals surface area contributed by atoms with Crippen LogP contribution in [0.4, 0.5) is 0 Å². The Morgan fingerprint density at radius 3 is 2.76 bits per heavy atom. The first-order valence-electron chi connectivity index (χ1n) is 5.21. The van der Waals surface area contributed by atoms with Crippen molar-refractivity contribution in [3.8, 4) is 0 Å². The Bertz CT molecular complexity index is 537. The smallest absolute Gasteiger partial charge is 0.187 e. The number of nitrogens with zero attached hydrogens (tertiary/aromatic N) is 2. The van der Waals surface area contributed by atoms with Crippen LogP contribution in [-0.4, -0.2) is 15.8 Å². The Labute approximate surface area is 104 Å². The third-order valence-electron chi connectivity index (χ3n) is 2.32. The van der Waals surface area contributed by atoms with Crippen molar-refractivity contribution < 1.29 is 4.79 Å². The molecule has 0 atom stereocenters. The highest BCUT2D eigenvalue weighted by Crippen LogP contribution is 2.12. The van der Waals surface area contributed by atoms with E-state index >= 15 is 0 Å². The van der Waals surface area contributed by atoms with Gasteiger partial charge < -0.3 is 0 Å². The summed E-state index contributed by atoms with van der Waals surface area (Å²) >= 11 is 5.86. The lowest BCUT2D eigenvalue weighted by Gasteiger charge is -2.01. The van der Waals surface area contributed by atoms with Gasteiger partial charge in [-0.1, -0.05) is 23.7 Å². The molecule has 2 rings (SSSR count). The SMILES string of the molecule is Cc1cnc(C(=O)Cc2cccc(Cl)c2)cn1. The summed E-state index contributed by atoms with van der Waals surface area (Å²) in [7, 11) is 0. The number of ketones is 1. The van der Waals surface area contributed by atoms with Crippen LogP contribution in [0.1, 0.15) is 21.7 Å². The van der Waals surface area contributed by atoms with Crippen LogP contribution in [0.25, 0.3) is 0 Å². The van der Waals surface area contributed by atoms with Crippen molar-refractivity contribution in [2.75, 3.05) is 0 Å². The molecule has 0 aliphatic rings. The number of benzene rings is 1. The van der Waals surface area contributed by atoms with Gasteiger partial charge in [0.05, 0.1) is 11.9 Å². The number of carbonyl (C=O) groups is 1. The first-order valence-corrected chi connectivity index (χ1v) is 5.59. The Balaban J connectivity index is 2.14. The lowest BCUT2D eigenvalue weighted by molar-refractivity contribution is 0.0988. The van der Waals surface area contributed by atoms with Crippen LogP contribution in [0.5, 0.6) is 0 Å². The fraction of sp³-hybridized carbons (Fsp3) is 0.154. The molecule has 0 aliphatic heterocycles. The van der Waals surface area contributed by atoms with Crippen molar-refractivity contribution in [2.24, 2.45) is 0 Å². The second-order valence-corrected chi connectivity index (χ2v) is 4.21. The van der Waals surface area contributed by atoms with Gasteiger partial charge in [-0.05, 0) is 24.6 Å². The highest BCUT2D eigenvalue weighted by atomic mass is 35.5. The van der Waals surface area contributed by atoms with Gasteiger partial charge in [0.25, 0.3) is 0 Å². The summed E-state index contributed by atoms with van der Waals surface area (Å²) in [5.74, 6) is -0.0558. The number of Topliss-reactive ketones (excluding diaryl/α,β-unsaturated/α-hetero) is 1. The average molecular weight is 247 g/mol. The molecule has 2 aromatic rings. The fourth-order valence-corrected chi connectivity index (χ4v) is 1.67. The maximum Gasteiger partial charge on any atom is 0.187 e. The summed E-state index contributed by atoms with van der Waals surface area (Å²) in [4.78, 5) is 20.0. The van der Waals surface area contributed by atoms with Crippen molar-refractivity contribution in [3.63, 3.8) is 0 Å². The molecule has 0 saturated heterocycles. The first kappa shape index (κ1) is 11.7. The number of halogens is 1. The molecule has 1 aromatic heterocycles. The van der Waals surface area contributed by atoms with Gasteiger partial charge in [-0.25, -0.2) is 4.98 Å². The number of aromatic nitrogens is 2. The van der Waals surface area contributed by atoms with Crippen molar-refractivity contribution >= 4 is 17.4 Å². The maximum absolute atomic E-state index is 11.9. The van der Waals surface area contributed by atoms with Crippen molar-refractivity contribution in [1.29, 1.82) is 0 Å². The van der Waals surface area contributed by atoms with Gasteiger partial charge in [-0.15, -0.1) is 0 Å². The molecule has 0 saturated carbocycles. The van der Waals surface area contributed by atoms with Crippen molar-refractivity contribution in [2.45, 2.75) is 13.3 Å². The largest absolute Gasteiger partial charge is 0.292 e. The molecule has 1 aromatic carbocycles. The standard InChI is InChI=1S/C13H11ClN2O/c1-9-7-16-12(8-15-9)13(17)6-10-3-2-4-11(14)5-10/h2-5,7-8H,6H2,1H3. The molecule has 17 heavy (non-hydrogen) atoms. The molecular formula is C13H11ClN2O. The molecular weight excluding hydrogens is 236 g/mol. The molecule has 0 spiro atoms. The lowest BCUT2D eigenvalue weighted by Crippen LogP contribution is -2.06. The summed E-state index contributed by atoms with van der Waals surface area (Å²) < 4.78 is 0. The minimum absolute atomic E-state index is 0.0558. The van der Waals surface area contributed by atoms with E-state index in [2.05, 4.69) is 9.97 Å². The minimum Gasteiger partial charge on any atom is -0.292 e. The van der Waals surface area contributed by atoms with Crippen LogP contribution in [0.3, 0.4) is 0 Å². The molecule has 0 unspecified atom stereocenters. The molecule has 0 aliphatic carbocycles. The molecule has 0 fully saturated rings. The van der Waals surface area contributed by atoms with E-state index in [1.165, 1.54) is 6.20 Å². The zero-order valence-electron chi connectivity index (χ0n) is 9.35. The van der Waals surface area contributed by atoms with E-state index in [1.54, 1.807) is 18.3 Å². The summed E-state index contributed by atoms with van der Waals surface area (Å²) in [5, 5.41) is 0.630. The molecule has 1 heterocycles. The van der Waals surface area contributed by atoms with E-state index in [0.29, 0.717) is 10.7 Å². The third kappa shape index (κ3) is 3.11. The Kier molecular flexibility index (Phi) is 3.49. The number of carbonyl (C=O) groups excluding carboxylic acids is 1. The highest BCUT2D eigenvalue weighted by molar-refractivity contribution is 6.30. The number of hydrogen-bond acceptors (Lipinski definition) is 3. The molecule has 0 amide bonds. The molecule has 0 radical (unpaired) electrons. The normalized spacial score (nSPS) is 10.2. The first-order chi connectivity index (χ1) is 8.15. The second-order valence-electron chi connectivity index (χ2n) is 3.77. The van der Waals surface area contributed by atoms with E-state index in [4.69, 9.17) is 11.6 Å². The predicted octanol–water partition coefficient (Wildman–Crippen LogP) is 2.86. The highest BCUT2D eigenvalue weighted by Gasteiger charge is 2.08. The van der Waals surface area contributed by atoms with Crippen molar-refractivity contribution in [3.05, 3.63) is 58.6 Å². The Morgan fingerprint density at radius 2 is 2.12 bits per heavy atom. The van der Waals surface area contributed by atoms with Crippen LogP contribution >= 0.6 is 11.6 Å². The van der Waals surface area contributed by atoms with Crippen molar-refractivity contribution in [1.82, 2.24) is 9.97 Å². The van der Waals surface area contributed by atoms with Gasteiger partial charge >= 0.3 is 0 Å². The zero-order chi connectivity index (χ0) is 12.3. The summed E-state index contributed by atoms with van der Waals surface area (Å²) in [6, 6.07) is 7.25. The zero-order valence-corrected chi connectivity index (χ0v) is 10.1. The van der Waals surface area contributed by atoms with Crippen LogP contribution in [0.15, 0.2) is 36.7 Å². The van der Waals surface area contributed by atoms with E-state index in [9.17, 15) is 4.79 Å². The van der Waals surface area contributed by atoms with Gasteiger partial charge in [0, 0.05) is 17.6 Å². The maximum atomic E-state index is 11.9. The summed E-state index contributed by atoms with van der Waals surface area (Å²) in [5.41, 5.74) is 2.06. The molecule has 3 nitrogen and oxygen atoms in total. The summed E-state index contributed by atoms with van der Waals surface area (Å²) in [6.45, 7) is 1.83. The third-order valence-corrected chi connectivity index (χ3v) is 2.56. The van der Waals surface area contributed by atoms with E-state index < -0.39 is 0 Å². The van der Waals surface area contributed by atoms with Gasteiger partial charge in [0.1, 0.15) is 5.69 Å². The Hall–Kier alpha value is -1.74. The second kappa shape index (κ2) is 5.06. The molecule has 86 valence electrons. The van der Waals surface area contributed by atoms with Gasteiger partial charge in [-0.3, -0.25) is 9.78 Å². The van der Waals surface area contributed by atoms with Gasteiger partial charge in [-0.2, -0.15) is 0 Å². The topological polar surface area (TPSA) is 42.9 Å². The van der Waals surface area contributed by atoms with E-state index in [0.717, 1.165) is 11.3 Å². The molecule has 0 N–H and O–H groups in total. The average Bonchev–Trinajstić information content (AvgIpc) is 2.29. The van der Waals surface area contributed by atoms with Crippen LogP contribution < -0.4 is 0 Å².